The molecule has 1 saturated heterocycles. The van der Waals surface area contributed by atoms with Crippen molar-refractivity contribution in [3.05, 3.63) is 65.0 Å². The summed E-state index contributed by atoms with van der Waals surface area (Å²) in [7, 11) is 0. The Morgan fingerprint density at radius 1 is 1.02 bits per heavy atom. The number of rotatable bonds is 4. The lowest BCUT2D eigenvalue weighted by Crippen LogP contribution is -2.47. The van der Waals surface area contributed by atoms with E-state index in [-0.39, 0.29) is 42.8 Å². The van der Waals surface area contributed by atoms with Crippen LogP contribution in [0.5, 0.6) is 0 Å². The third-order valence-electron chi connectivity index (χ3n) is 11.1. The first-order chi connectivity index (χ1) is 25.2. The van der Waals surface area contributed by atoms with Gasteiger partial charge in [0.25, 0.3) is 5.91 Å². The van der Waals surface area contributed by atoms with Crippen molar-refractivity contribution in [1.82, 2.24) is 34.9 Å². The molecule has 7 rings (SSSR count). The van der Waals surface area contributed by atoms with Crippen molar-refractivity contribution in [2.75, 3.05) is 11.9 Å². The highest BCUT2D eigenvalue weighted by atomic mass is 19.4. The van der Waals surface area contributed by atoms with Gasteiger partial charge in [-0.15, -0.1) is 0 Å². The topological polar surface area (TPSA) is 178 Å². The van der Waals surface area contributed by atoms with Gasteiger partial charge in [-0.3, -0.25) is 23.9 Å². The zero-order chi connectivity index (χ0) is 37.8. The maximum absolute atomic E-state index is 14.5. The molecule has 0 spiro atoms. The van der Waals surface area contributed by atoms with Crippen LogP contribution in [0.25, 0.3) is 22.0 Å². The highest BCUT2D eigenvalue weighted by Gasteiger charge is 2.72. The molecule has 4 N–H and O–H groups in total. The largest absolute Gasteiger partial charge is 0.433 e. The lowest BCUT2D eigenvalue weighted by molar-refractivity contribution is -0.141. The molecule has 5 heterocycles. The average molecular weight is 732 g/mol. The number of anilines is 1. The maximum atomic E-state index is 14.5. The molecule has 1 saturated carbocycles. The van der Waals surface area contributed by atoms with E-state index in [1.807, 2.05) is 13.0 Å². The Morgan fingerprint density at radius 3 is 2.43 bits per heavy atom. The summed E-state index contributed by atoms with van der Waals surface area (Å²) in [4.78, 5) is 68.1. The van der Waals surface area contributed by atoms with Crippen LogP contribution >= 0.6 is 0 Å². The zero-order valence-electron chi connectivity index (χ0n) is 29.6. The Morgan fingerprint density at radius 2 is 1.74 bits per heavy atom. The predicted molar refractivity (Wildman–Crippen MR) is 187 cm³/mol. The minimum absolute atomic E-state index is 0.0167. The number of halogens is 3. The average Bonchev–Trinajstić information content (AvgIpc) is 3.37. The van der Waals surface area contributed by atoms with Gasteiger partial charge in [-0.05, 0) is 80.3 Å². The number of nitrogens with one attached hydrogen (secondary N) is 2. The van der Waals surface area contributed by atoms with Crippen LogP contribution in [0.2, 0.25) is 0 Å². The van der Waals surface area contributed by atoms with Crippen molar-refractivity contribution < 1.29 is 32.3 Å². The Bertz CT molecular complexity index is 2130. The molecule has 2 fully saturated rings. The summed E-state index contributed by atoms with van der Waals surface area (Å²) in [6.07, 6.45) is 2.82. The van der Waals surface area contributed by atoms with E-state index in [2.05, 4.69) is 30.7 Å². The quantitative estimate of drug-likeness (QED) is 0.275. The Balaban J connectivity index is 1.30. The number of hydrogen-bond acceptors (Lipinski definition) is 8. The molecule has 2 bridgehead atoms. The van der Waals surface area contributed by atoms with E-state index >= 15 is 0 Å². The van der Waals surface area contributed by atoms with Gasteiger partial charge in [-0.25, -0.2) is 15.0 Å². The lowest BCUT2D eigenvalue weighted by atomic mass is 9.95. The number of primary amides is 1. The summed E-state index contributed by atoms with van der Waals surface area (Å²) in [5.74, 6) is -1.82. The lowest BCUT2D eigenvalue weighted by Gasteiger charge is -2.28. The number of piperidine rings is 1. The summed E-state index contributed by atoms with van der Waals surface area (Å²) in [5.41, 5.74) is 7.20. The normalized spacial score (nSPS) is 23.7. The first-order valence-electron chi connectivity index (χ1n) is 17.7. The molecule has 1 aliphatic carbocycles. The Hall–Kier alpha value is -5.41. The number of nitrogens with zero attached hydrogens (tertiary/aromatic N) is 6. The SMILES string of the molecule is Cc1ncc(-c2cc3c4c(c2)c(C(N)=O)nn4CC(=O)N2C4[C@H](C)[C@]4(CNC(=O)CCCCCC3)C[C@H]2C(=O)Nc2nc(C(F)(F)F)ccc2C)cn1. The van der Waals surface area contributed by atoms with Gasteiger partial charge in [0.05, 0.1) is 5.52 Å². The first-order valence-corrected chi connectivity index (χ1v) is 17.7. The number of carbonyl (C=O) groups is 4. The van der Waals surface area contributed by atoms with Crippen LogP contribution in [0.3, 0.4) is 0 Å². The molecular weight excluding hydrogens is 691 g/mol. The zero-order valence-corrected chi connectivity index (χ0v) is 29.6. The van der Waals surface area contributed by atoms with E-state index in [1.165, 1.54) is 22.6 Å². The molecule has 1 aromatic carbocycles. The van der Waals surface area contributed by atoms with Crippen LogP contribution < -0.4 is 16.4 Å². The summed E-state index contributed by atoms with van der Waals surface area (Å²) in [6, 6.07) is 4.29. The molecule has 278 valence electrons. The molecule has 3 aromatic heterocycles. The van der Waals surface area contributed by atoms with Gasteiger partial charge in [-0.2, -0.15) is 18.3 Å². The monoisotopic (exact) mass is 731 g/mol. The number of aryl methyl sites for hydroxylation is 3. The number of aromatic nitrogens is 5. The minimum Gasteiger partial charge on any atom is -0.364 e. The summed E-state index contributed by atoms with van der Waals surface area (Å²) in [5, 5.41) is 10.6. The fourth-order valence-corrected chi connectivity index (χ4v) is 8.16. The molecule has 4 aromatic rings. The number of benzene rings is 1. The Labute approximate surface area is 302 Å². The fourth-order valence-electron chi connectivity index (χ4n) is 8.16. The van der Waals surface area contributed by atoms with Gasteiger partial charge >= 0.3 is 6.18 Å². The maximum Gasteiger partial charge on any atom is 0.433 e. The van der Waals surface area contributed by atoms with E-state index in [4.69, 9.17) is 5.73 Å². The van der Waals surface area contributed by atoms with Crippen LogP contribution in [0, 0.1) is 25.2 Å². The van der Waals surface area contributed by atoms with Gasteiger partial charge in [0.1, 0.15) is 29.9 Å². The third-order valence-corrected chi connectivity index (χ3v) is 11.1. The van der Waals surface area contributed by atoms with Crippen LogP contribution in [0.4, 0.5) is 19.0 Å². The summed E-state index contributed by atoms with van der Waals surface area (Å²) >= 11 is 0. The number of carbonyl (C=O) groups excluding carboxylic acids is 4. The number of hydrogen-bond donors (Lipinski definition) is 3. The Kier molecular flexibility index (Phi) is 9.18. The molecule has 13 nitrogen and oxygen atoms in total. The van der Waals surface area contributed by atoms with Crippen molar-refractivity contribution in [1.29, 1.82) is 0 Å². The van der Waals surface area contributed by atoms with Gasteiger partial charge in [0.2, 0.25) is 17.7 Å². The highest BCUT2D eigenvalue weighted by molar-refractivity contribution is 6.06. The number of nitrogens with two attached hydrogens (primary N) is 1. The van der Waals surface area contributed by atoms with Crippen molar-refractivity contribution in [2.24, 2.45) is 17.1 Å². The van der Waals surface area contributed by atoms with E-state index in [0.29, 0.717) is 41.6 Å². The molecule has 1 unspecified atom stereocenters. The second-order valence-electron chi connectivity index (χ2n) is 14.4. The standard InChI is InChI=1S/C37H40F3N9O4/c1-19-10-11-27(37(38,39)40)45-34(19)46-35(53)26-14-36-18-44-28(50)9-7-5-4-6-8-22-12-23(24-15-42-21(3)43-16-24)13-25-30(33(41)52)47-48(31(22)25)17-29(51)49(26)32(36)20(36)2/h10-13,15-16,20,26,32H,4-9,14,17-18H2,1-3H3,(H2,41,52)(H,44,50)(H,45,46,53)/t20-,26-,32?,36+/m0/s1. The van der Waals surface area contributed by atoms with E-state index in [1.54, 1.807) is 25.4 Å². The predicted octanol–water partition coefficient (Wildman–Crippen LogP) is 4.49. The van der Waals surface area contributed by atoms with E-state index in [0.717, 1.165) is 42.0 Å². The van der Waals surface area contributed by atoms with E-state index < -0.39 is 47.1 Å². The molecule has 4 atom stereocenters. The van der Waals surface area contributed by atoms with Crippen LogP contribution in [0.15, 0.2) is 36.7 Å². The van der Waals surface area contributed by atoms with Gasteiger partial charge in [-0.1, -0.05) is 25.8 Å². The van der Waals surface area contributed by atoms with Gasteiger partial charge in [0.15, 0.2) is 5.69 Å². The van der Waals surface area contributed by atoms with Crippen LogP contribution in [0.1, 0.15) is 78.6 Å². The van der Waals surface area contributed by atoms with Crippen molar-refractivity contribution in [3.8, 4) is 11.1 Å². The summed E-state index contributed by atoms with van der Waals surface area (Å²) < 4.78 is 42.0. The smallest absolute Gasteiger partial charge is 0.364 e. The van der Waals surface area contributed by atoms with E-state index in [9.17, 15) is 32.3 Å². The van der Waals surface area contributed by atoms with Gasteiger partial charge < -0.3 is 21.3 Å². The molecule has 2 aliphatic heterocycles. The molecule has 53 heavy (non-hydrogen) atoms. The number of pyridine rings is 1. The van der Waals surface area contributed by atoms with Crippen LogP contribution in [-0.4, -0.2) is 71.9 Å². The van der Waals surface area contributed by atoms with Crippen LogP contribution in [-0.2, 0) is 33.5 Å². The van der Waals surface area contributed by atoms with Crippen molar-refractivity contribution >= 4 is 40.3 Å². The third kappa shape index (κ3) is 6.70. The molecule has 0 radical (unpaired) electrons. The summed E-state index contributed by atoms with van der Waals surface area (Å²) in [6.45, 7) is 5.14. The minimum atomic E-state index is -4.73. The van der Waals surface area contributed by atoms with Crippen molar-refractivity contribution in [2.45, 2.75) is 90.5 Å². The van der Waals surface area contributed by atoms with Crippen molar-refractivity contribution in [3.63, 3.8) is 0 Å². The molecule has 16 heteroatoms. The molecule has 4 amide bonds. The second-order valence-corrected chi connectivity index (χ2v) is 14.4. The van der Waals surface area contributed by atoms with Gasteiger partial charge in [0, 0.05) is 47.8 Å². The molecule has 3 aliphatic rings. The number of alkyl halides is 3. The molecular formula is C37H40F3N9O4. The fraction of sp³-hybridized carbons (Fsp3) is 0.459. The number of amides is 4. The second kappa shape index (κ2) is 13.5. The highest BCUT2D eigenvalue weighted by Crippen LogP contribution is 2.64. The first kappa shape index (κ1) is 36.0.